The molecule has 0 amide bonds. The SMILES string of the molecule is Cc1coc2c[n+](C)ccc12.[I-]. The number of furan rings is 1. The molecule has 0 spiro atoms. The Balaban J connectivity index is 0.000000720. The van der Waals surface area contributed by atoms with E-state index >= 15 is 0 Å². The van der Waals surface area contributed by atoms with Crippen LogP contribution in [0.4, 0.5) is 0 Å². The molecule has 0 aliphatic carbocycles. The van der Waals surface area contributed by atoms with Crippen molar-refractivity contribution in [3.8, 4) is 0 Å². The number of fused-ring (bicyclic) bond motifs is 1. The van der Waals surface area contributed by atoms with Crippen LogP contribution in [0.5, 0.6) is 0 Å². The summed E-state index contributed by atoms with van der Waals surface area (Å²) in [4.78, 5) is 0. The van der Waals surface area contributed by atoms with Gasteiger partial charge in [0.25, 0.3) is 0 Å². The van der Waals surface area contributed by atoms with Gasteiger partial charge in [0, 0.05) is 11.5 Å². The van der Waals surface area contributed by atoms with Crippen molar-refractivity contribution in [2.45, 2.75) is 6.92 Å². The van der Waals surface area contributed by atoms with Crippen LogP contribution in [-0.2, 0) is 7.05 Å². The minimum absolute atomic E-state index is 0. The molecule has 2 rings (SSSR count). The molecule has 2 heterocycles. The van der Waals surface area contributed by atoms with Crippen molar-refractivity contribution in [3.05, 3.63) is 30.3 Å². The van der Waals surface area contributed by atoms with Crippen LogP contribution >= 0.6 is 0 Å². The second kappa shape index (κ2) is 3.43. The highest BCUT2D eigenvalue weighted by Gasteiger charge is 2.04. The molecule has 0 saturated carbocycles. The van der Waals surface area contributed by atoms with Gasteiger partial charge in [0.1, 0.15) is 7.05 Å². The number of rotatable bonds is 0. The van der Waals surface area contributed by atoms with Crippen LogP contribution < -0.4 is 28.5 Å². The lowest BCUT2D eigenvalue weighted by Crippen LogP contribution is -3.00. The Morgan fingerprint density at radius 2 is 2.17 bits per heavy atom. The predicted octanol–water partition coefficient (Wildman–Crippen LogP) is -1.43. The van der Waals surface area contributed by atoms with Crippen LogP contribution in [0.1, 0.15) is 5.56 Å². The van der Waals surface area contributed by atoms with Gasteiger partial charge in [-0.25, -0.2) is 4.57 Å². The monoisotopic (exact) mass is 275 g/mol. The Bertz CT molecular complexity index is 394. The third-order valence-corrected chi connectivity index (χ3v) is 1.85. The summed E-state index contributed by atoms with van der Waals surface area (Å²) in [5, 5.41) is 1.20. The topological polar surface area (TPSA) is 17.0 Å². The van der Waals surface area contributed by atoms with Crippen molar-refractivity contribution in [1.82, 2.24) is 0 Å². The molecule has 0 N–H and O–H groups in total. The zero-order valence-electron chi connectivity index (χ0n) is 7.04. The Morgan fingerprint density at radius 1 is 1.42 bits per heavy atom. The number of nitrogens with zero attached hydrogens (tertiary/aromatic N) is 1. The average molecular weight is 275 g/mol. The highest BCUT2D eigenvalue weighted by atomic mass is 127. The molecule has 3 heteroatoms. The fourth-order valence-corrected chi connectivity index (χ4v) is 1.21. The summed E-state index contributed by atoms with van der Waals surface area (Å²) in [6.07, 6.45) is 5.78. The first kappa shape index (κ1) is 9.51. The van der Waals surface area contributed by atoms with Gasteiger partial charge >= 0.3 is 0 Å². The fourth-order valence-electron chi connectivity index (χ4n) is 1.21. The van der Waals surface area contributed by atoms with Gasteiger partial charge in [-0.1, -0.05) is 0 Å². The quantitative estimate of drug-likeness (QED) is 0.425. The molecule has 0 aliphatic heterocycles. The van der Waals surface area contributed by atoms with Gasteiger partial charge in [0.2, 0.25) is 6.20 Å². The first-order chi connectivity index (χ1) is 5.27. The van der Waals surface area contributed by atoms with Crippen LogP contribution in [0.3, 0.4) is 0 Å². The van der Waals surface area contributed by atoms with Gasteiger partial charge in [-0.3, -0.25) is 0 Å². The van der Waals surface area contributed by atoms with E-state index in [-0.39, 0.29) is 24.0 Å². The molecular formula is C9H10INO. The summed E-state index contributed by atoms with van der Waals surface area (Å²) < 4.78 is 7.29. The van der Waals surface area contributed by atoms with Crippen molar-refractivity contribution in [2.24, 2.45) is 7.05 Å². The molecule has 2 aromatic heterocycles. The molecule has 2 nitrogen and oxygen atoms in total. The second-order valence-corrected chi connectivity index (χ2v) is 2.81. The molecule has 0 saturated heterocycles. The van der Waals surface area contributed by atoms with Gasteiger partial charge < -0.3 is 28.4 Å². The number of halogens is 1. The van der Waals surface area contributed by atoms with E-state index in [1.165, 1.54) is 10.9 Å². The first-order valence-electron chi connectivity index (χ1n) is 3.60. The van der Waals surface area contributed by atoms with Gasteiger partial charge in [-0.2, -0.15) is 0 Å². The Morgan fingerprint density at radius 3 is 2.92 bits per heavy atom. The molecule has 12 heavy (non-hydrogen) atoms. The summed E-state index contributed by atoms with van der Waals surface area (Å²) in [5.74, 6) is 0. The molecule has 0 aliphatic rings. The number of aromatic nitrogens is 1. The molecule has 0 bridgehead atoms. The van der Waals surface area contributed by atoms with Crippen molar-refractivity contribution >= 4 is 11.0 Å². The van der Waals surface area contributed by atoms with E-state index in [4.69, 9.17) is 4.42 Å². The summed E-state index contributed by atoms with van der Waals surface area (Å²) >= 11 is 0. The van der Waals surface area contributed by atoms with E-state index in [0.717, 1.165) is 5.58 Å². The Kier molecular flexibility index (Phi) is 2.72. The summed E-state index contributed by atoms with van der Waals surface area (Å²) in [6.45, 7) is 2.05. The number of aryl methyl sites for hydroxylation is 2. The smallest absolute Gasteiger partial charge is 0.212 e. The van der Waals surface area contributed by atoms with Crippen molar-refractivity contribution in [1.29, 1.82) is 0 Å². The molecular weight excluding hydrogens is 265 g/mol. The zero-order chi connectivity index (χ0) is 7.84. The summed E-state index contributed by atoms with van der Waals surface area (Å²) in [5.41, 5.74) is 2.15. The summed E-state index contributed by atoms with van der Waals surface area (Å²) in [7, 11) is 1.98. The number of hydrogen-bond donors (Lipinski definition) is 0. The van der Waals surface area contributed by atoms with Gasteiger partial charge in [-0.15, -0.1) is 0 Å². The average Bonchev–Trinajstić information content (AvgIpc) is 2.32. The highest BCUT2D eigenvalue weighted by Crippen LogP contribution is 2.17. The maximum Gasteiger partial charge on any atom is 0.212 e. The Hall–Kier alpha value is -0.580. The minimum atomic E-state index is 0. The third-order valence-electron chi connectivity index (χ3n) is 1.85. The number of pyridine rings is 1. The standard InChI is InChI=1S/C9H10NO.HI/c1-7-6-11-9-5-10(2)4-3-8(7)9;/h3-6H,1-2H3;1H/q+1;/p-1. The fraction of sp³-hybridized carbons (Fsp3) is 0.222. The van der Waals surface area contributed by atoms with E-state index in [0.29, 0.717) is 0 Å². The van der Waals surface area contributed by atoms with Crippen molar-refractivity contribution < 1.29 is 33.0 Å². The van der Waals surface area contributed by atoms with E-state index in [1.54, 1.807) is 6.26 Å². The maximum absolute atomic E-state index is 5.31. The van der Waals surface area contributed by atoms with E-state index in [2.05, 4.69) is 6.07 Å². The molecule has 0 unspecified atom stereocenters. The van der Waals surface area contributed by atoms with Crippen LogP contribution in [-0.4, -0.2) is 0 Å². The number of hydrogen-bond acceptors (Lipinski definition) is 1. The largest absolute Gasteiger partial charge is 1.00 e. The molecule has 2 aromatic rings. The Labute approximate surface area is 88.2 Å². The van der Waals surface area contributed by atoms with Crippen LogP contribution in [0.15, 0.2) is 29.1 Å². The van der Waals surface area contributed by atoms with Gasteiger partial charge in [-0.05, 0) is 12.5 Å². The lowest BCUT2D eigenvalue weighted by atomic mass is 10.2. The molecule has 0 radical (unpaired) electrons. The predicted molar refractivity (Wildman–Crippen MR) is 42.1 cm³/mol. The summed E-state index contributed by atoms with van der Waals surface area (Å²) in [6, 6.07) is 2.06. The molecule has 0 fully saturated rings. The van der Waals surface area contributed by atoms with Gasteiger partial charge in [0.15, 0.2) is 11.8 Å². The molecule has 0 aromatic carbocycles. The van der Waals surface area contributed by atoms with Gasteiger partial charge in [0.05, 0.1) is 6.26 Å². The lowest BCUT2D eigenvalue weighted by molar-refractivity contribution is -0.670. The van der Waals surface area contributed by atoms with Crippen molar-refractivity contribution in [3.63, 3.8) is 0 Å². The van der Waals surface area contributed by atoms with E-state index < -0.39 is 0 Å². The third kappa shape index (κ3) is 1.46. The normalized spacial score (nSPS) is 9.83. The van der Waals surface area contributed by atoms with Crippen LogP contribution in [0, 0.1) is 6.92 Å². The molecule has 64 valence electrons. The van der Waals surface area contributed by atoms with Crippen LogP contribution in [0.25, 0.3) is 11.0 Å². The highest BCUT2D eigenvalue weighted by molar-refractivity contribution is 5.78. The zero-order valence-corrected chi connectivity index (χ0v) is 9.20. The van der Waals surface area contributed by atoms with Crippen LogP contribution in [0.2, 0.25) is 0 Å². The minimum Gasteiger partial charge on any atom is -1.00 e. The van der Waals surface area contributed by atoms with E-state index in [1.807, 2.05) is 30.9 Å². The molecule has 0 atom stereocenters. The van der Waals surface area contributed by atoms with E-state index in [9.17, 15) is 0 Å². The first-order valence-corrected chi connectivity index (χ1v) is 3.60. The maximum atomic E-state index is 5.31. The lowest BCUT2D eigenvalue weighted by Gasteiger charge is -1.86. The second-order valence-electron chi connectivity index (χ2n) is 2.81. The van der Waals surface area contributed by atoms with Crippen molar-refractivity contribution in [2.75, 3.05) is 0 Å².